The fourth-order valence-electron chi connectivity index (χ4n) is 4.80. The van der Waals surface area contributed by atoms with E-state index in [9.17, 15) is 27.5 Å². The van der Waals surface area contributed by atoms with Crippen molar-refractivity contribution in [3.63, 3.8) is 0 Å². The minimum absolute atomic E-state index is 0.0659. The number of likely N-dealkylation sites (N-methyl/N-ethyl adjacent to an activating group) is 1. The van der Waals surface area contributed by atoms with Gasteiger partial charge in [-0.15, -0.1) is 0 Å². The molecule has 3 N–H and O–H groups in total. The molecule has 3 atom stereocenters. The van der Waals surface area contributed by atoms with Gasteiger partial charge < -0.3 is 29.9 Å². The van der Waals surface area contributed by atoms with Crippen LogP contribution < -0.4 is 15.4 Å². The van der Waals surface area contributed by atoms with Crippen LogP contribution in [0, 0.1) is 25.6 Å². The van der Waals surface area contributed by atoms with Crippen molar-refractivity contribution in [1.29, 1.82) is 0 Å². The second-order valence-corrected chi connectivity index (χ2v) is 12.8. The fourth-order valence-corrected chi connectivity index (χ4v) is 5.98. The van der Waals surface area contributed by atoms with Crippen molar-refractivity contribution in [2.24, 2.45) is 5.92 Å². The van der Waals surface area contributed by atoms with Gasteiger partial charge in [0.25, 0.3) is 0 Å². The van der Waals surface area contributed by atoms with Gasteiger partial charge in [0, 0.05) is 30.8 Å². The van der Waals surface area contributed by atoms with E-state index in [4.69, 9.17) is 9.26 Å². The molecular weight excluding hydrogens is 581 g/mol. The highest BCUT2D eigenvalue weighted by Gasteiger charge is 2.33. The Bertz CT molecular complexity index is 1560. The van der Waals surface area contributed by atoms with Crippen LogP contribution in [-0.2, 0) is 21.2 Å². The second-order valence-electron chi connectivity index (χ2n) is 10.7. The Hall–Kier alpha value is -4.01. The monoisotopic (exact) mass is 617 g/mol. The van der Waals surface area contributed by atoms with Crippen molar-refractivity contribution in [3.8, 4) is 5.75 Å². The Morgan fingerprint density at radius 1 is 1.21 bits per heavy atom. The van der Waals surface area contributed by atoms with Crippen LogP contribution in [0.25, 0.3) is 0 Å². The van der Waals surface area contributed by atoms with Crippen LogP contribution in [0.4, 0.5) is 20.6 Å². The molecule has 3 aromatic rings. The SMILES string of the molecule is Cc1noc(C)c1NC(=O)Nc1ccc2c(c1)CC(=O)N([C@@H](C)CO)C[C@H](C)[C@H](CN(C)S(=O)(=O)c1ccc(F)cc1)O2. The van der Waals surface area contributed by atoms with Crippen molar-refractivity contribution >= 4 is 33.3 Å². The van der Waals surface area contributed by atoms with Gasteiger partial charge in [0.05, 0.1) is 30.5 Å². The van der Waals surface area contributed by atoms with E-state index in [0.717, 1.165) is 16.4 Å². The third-order valence-corrected chi connectivity index (χ3v) is 9.24. The van der Waals surface area contributed by atoms with Gasteiger partial charge in [-0.25, -0.2) is 17.6 Å². The maximum absolute atomic E-state index is 13.5. The van der Waals surface area contributed by atoms with Crippen LogP contribution in [0.5, 0.6) is 5.75 Å². The number of halogens is 1. The predicted molar refractivity (Wildman–Crippen MR) is 157 cm³/mol. The number of amides is 3. The van der Waals surface area contributed by atoms with E-state index >= 15 is 0 Å². The molecule has 0 saturated heterocycles. The number of carbonyl (C=O) groups excluding carboxylic acids is 2. The summed E-state index contributed by atoms with van der Waals surface area (Å²) in [4.78, 5) is 27.7. The number of anilines is 2. The number of aromatic nitrogens is 1. The van der Waals surface area contributed by atoms with Crippen molar-refractivity contribution in [3.05, 3.63) is 65.3 Å². The molecule has 0 fully saturated rings. The number of aliphatic hydroxyl groups excluding tert-OH is 1. The highest BCUT2D eigenvalue weighted by molar-refractivity contribution is 7.89. The molecule has 2 aromatic carbocycles. The zero-order chi connectivity index (χ0) is 31.5. The van der Waals surface area contributed by atoms with Crippen LogP contribution in [0.15, 0.2) is 51.9 Å². The molecule has 0 saturated carbocycles. The standard InChI is InChI=1S/C29H36FN5O7S/c1-17-14-35(18(2)16-36)27(37)13-21-12-23(31-29(38)32-28-19(3)33-42-20(28)4)8-11-25(21)41-26(17)15-34(5)43(39,40)24-9-6-22(30)7-10-24/h6-12,17-18,26,36H,13-16H2,1-5H3,(H2,31,32,38)/t17-,18-,26-/m0/s1. The van der Waals surface area contributed by atoms with Gasteiger partial charge in [-0.2, -0.15) is 4.31 Å². The number of hydrogen-bond donors (Lipinski definition) is 3. The van der Waals surface area contributed by atoms with Gasteiger partial charge in [0.15, 0.2) is 5.76 Å². The Morgan fingerprint density at radius 2 is 1.91 bits per heavy atom. The number of fused-ring (bicyclic) bond motifs is 1. The summed E-state index contributed by atoms with van der Waals surface area (Å²) >= 11 is 0. The number of aryl methyl sites for hydroxylation is 2. The largest absolute Gasteiger partial charge is 0.488 e. The predicted octanol–water partition coefficient (Wildman–Crippen LogP) is 3.54. The number of carbonyl (C=O) groups is 2. The normalized spacial score (nSPS) is 18.2. The number of ether oxygens (including phenoxy) is 1. The first-order chi connectivity index (χ1) is 20.3. The average Bonchev–Trinajstić information content (AvgIpc) is 3.29. The number of aliphatic hydroxyl groups is 1. The van der Waals surface area contributed by atoms with Gasteiger partial charge in [0.1, 0.15) is 29.1 Å². The lowest BCUT2D eigenvalue weighted by atomic mass is 10.0. The summed E-state index contributed by atoms with van der Waals surface area (Å²) in [7, 11) is -2.57. The van der Waals surface area contributed by atoms with Crippen LogP contribution in [-0.4, -0.2) is 78.7 Å². The molecule has 0 unspecified atom stereocenters. The highest BCUT2D eigenvalue weighted by Crippen LogP contribution is 2.30. The summed E-state index contributed by atoms with van der Waals surface area (Å²) in [5, 5.41) is 19.1. The molecule has 232 valence electrons. The summed E-state index contributed by atoms with van der Waals surface area (Å²) in [6, 6.07) is 8.36. The highest BCUT2D eigenvalue weighted by atomic mass is 32.2. The lowest BCUT2D eigenvalue weighted by molar-refractivity contribution is -0.134. The second kappa shape index (κ2) is 13.1. The molecule has 1 aliphatic heterocycles. The summed E-state index contributed by atoms with van der Waals surface area (Å²) in [5.41, 5.74) is 1.83. The van der Waals surface area contributed by atoms with Crippen molar-refractivity contribution in [1.82, 2.24) is 14.4 Å². The Labute approximate surface area is 249 Å². The molecule has 12 nitrogen and oxygen atoms in total. The van der Waals surface area contributed by atoms with Gasteiger partial charge in [-0.3, -0.25) is 4.79 Å². The number of benzene rings is 2. The molecule has 0 spiro atoms. The summed E-state index contributed by atoms with van der Waals surface area (Å²) in [5.74, 6) is -0.361. The van der Waals surface area contributed by atoms with Gasteiger partial charge >= 0.3 is 6.03 Å². The van der Waals surface area contributed by atoms with E-state index in [1.165, 1.54) is 19.2 Å². The maximum Gasteiger partial charge on any atom is 0.323 e. The molecule has 0 bridgehead atoms. The van der Waals surface area contributed by atoms with Crippen LogP contribution >= 0.6 is 0 Å². The Balaban J connectivity index is 1.62. The Kier molecular flexibility index (Phi) is 9.72. The van der Waals surface area contributed by atoms with E-state index in [-0.39, 0.29) is 42.8 Å². The number of urea groups is 1. The first kappa shape index (κ1) is 31.9. The minimum Gasteiger partial charge on any atom is -0.488 e. The fraction of sp³-hybridized carbons (Fsp3) is 0.414. The zero-order valence-electron chi connectivity index (χ0n) is 24.6. The van der Waals surface area contributed by atoms with Crippen LogP contribution in [0.3, 0.4) is 0 Å². The van der Waals surface area contributed by atoms with E-state index in [1.54, 1.807) is 43.9 Å². The van der Waals surface area contributed by atoms with E-state index in [2.05, 4.69) is 15.8 Å². The summed E-state index contributed by atoms with van der Waals surface area (Å²) < 4.78 is 52.5. The third-order valence-electron chi connectivity index (χ3n) is 7.41. The van der Waals surface area contributed by atoms with Crippen LogP contribution in [0.1, 0.15) is 30.9 Å². The van der Waals surface area contributed by atoms with E-state index < -0.39 is 34.0 Å². The van der Waals surface area contributed by atoms with E-state index in [0.29, 0.717) is 34.1 Å². The van der Waals surface area contributed by atoms with E-state index in [1.807, 2.05) is 6.92 Å². The number of hydrogen-bond acceptors (Lipinski definition) is 8. The number of nitrogens with zero attached hydrogens (tertiary/aromatic N) is 3. The van der Waals surface area contributed by atoms with Crippen molar-refractivity contribution < 1.29 is 36.8 Å². The topological polar surface area (TPSA) is 154 Å². The quantitative estimate of drug-likeness (QED) is 0.347. The molecule has 1 aromatic heterocycles. The molecule has 4 rings (SSSR count). The molecule has 2 heterocycles. The van der Waals surface area contributed by atoms with Gasteiger partial charge in [-0.05, 0) is 63.2 Å². The van der Waals surface area contributed by atoms with Crippen molar-refractivity contribution in [2.75, 3.05) is 37.4 Å². The van der Waals surface area contributed by atoms with Gasteiger partial charge in [0.2, 0.25) is 15.9 Å². The molecule has 0 aliphatic carbocycles. The number of nitrogens with one attached hydrogen (secondary N) is 2. The number of sulfonamides is 1. The third kappa shape index (κ3) is 7.32. The molecule has 3 amide bonds. The Morgan fingerprint density at radius 3 is 2.53 bits per heavy atom. The van der Waals surface area contributed by atoms with Crippen molar-refractivity contribution in [2.45, 2.75) is 51.2 Å². The smallest absolute Gasteiger partial charge is 0.323 e. The molecule has 14 heteroatoms. The minimum atomic E-state index is -3.98. The number of rotatable bonds is 8. The first-order valence-electron chi connectivity index (χ1n) is 13.7. The maximum atomic E-state index is 13.5. The average molecular weight is 618 g/mol. The van der Waals surface area contributed by atoms with Gasteiger partial charge in [-0.1, -0.05) is 12.1 Å². The zero-order valence-corrected chi connectivity index (χ0v) is 25.4. The molecule has 0 radical (unpaired) electrons. The van der Waals surface area contributed by atoms with Crippen LogP contribution in [0.2, 0.25) is 0 Å². The molecule has 43 heavy (non-hydrogen) atoms. The lowest BCUT2D eigenvalue weighted by Crippen LogP contribution is -2.48. The lowest BCUT2D eigenvalue weighted by Gasteiger charge is -2.33. The molecule has 1 aliphatic rings. The first-order valence-corrected chi connectivity index (χ1v) is 15.2. The summed E-state index contributed by atoms with van der Waals surface area (Å²) in [6.07, 6.45) is -0.788. The molecular formula is C29H36FN5O7S. The summed E-state index contributed by atoms with van der Waals surface area (Å²) in [6.45, 7) is 6.80.